The van der Waals surface area contributed by atoms with Crippen LogP contribution in [0.4, 0.5) is 21.5 Å². The van der Waals surface area contributed by atoms with Crippen molar-refractivity contribution in [3.63, 3.8) is 0 Å². The van der Waals surface area contributed by atoms with Gasteiger partial charge in [-0.15, -0.1) is 0 Å². The van der Waals surface area contributed by atoms with Gasteiger partial charge in [0.1, 0.15) is 5.82 Å². The van der Waals surface area contributed by atoms with Crippen molar-refractivity contribution in [1.82, 2.24) is 0 Å². The number of rotatable bonds is 2. The van der Waals surface area contributed by atoms with Crippen LogP contribution in [-0.2, 0) is 4.79 Å². The Bertz CT molecular complexity index is 771. The minimum absolute atomic E-state index is 0.0823. The van der Waals surface area contributed by atoms with E-state index in [1.807, 2.05) is 31.2 Å². The fraction of sp³-hybridized carbons (Fsp3) is 0.125. The number of carbonyl (C=O) groups excluding carboxylic acids is 2. The number of Topliss-reactive ketones (excluding diaryl/α,β-unsaturated/α-hetero) is 1. The summed E-state index contributed by atoms with van der Waals surface area (Å²) >= 11 is 0. The zero-order chi connectivity index (χ0) is 15.1. The Kier molecular flexibility index (Phi) is 2.97. The third-order valence-electron chi connectivity index (χ3n) is 3.54. The van der Waals surface area contributed by atoms with Crippen LogP contribution >= 0.6 is 0 Å². The first-order chi connectivity index (χ1) is 9.97. The molecule has 0 radical (unpaired) electrons. The van der Waals surface area contributed by atoms with E-state index < -0.39 is 17.5 Å². The van der Waals surface area contributed by atoms with E-state index in [-0.39, 0.29) is 5.56 Å². The van der Waals surface area contributed by atoms with E-state index in [0.717, 1.165) is 17.3 Å². The number of fused-ring (bicyclic) bond motifs is 1. The van der Waals surface area contributed by atoms with Gasteiger partial charge in [0.25, 0.3) is 11.7 Å². The fourth-order valence-corrected chi connectivity index (χ4v) is 2.39. The van der Waals surface area contributed by atoms with Crippen molar-refractivity contribution >= 4 is 28.8 Å². The molecule has 21 heavy (non-hydrogen) atoms. The van der Waals surface area contributed by atoms with Crippen LogP contribution in [0.3, 0.4) is 0 Å². The highest BCUT2D eigenvalue weighted by Gasteiger charge is 2.30. The van der Waals surface area contributed by atoms with Crippen LogP contribution in [0.5, 0.6) is 0 Å². The number of amides is 1. The van der Waals surface area contributed by atoms with Gasteiger partial charge in [-0.1, -0.05) is 12.1 Å². The van der Waals surface area contributed by atoms with Gasteiger partial charge in [-0.25, -0.2) is 4.39 Å². The molecule has 1 N–H and O–H groups in total. The molecule has 0 unspecified atom stereocenters. The number of carbonyl (C=O) groups is 2. The van der Waals surface area contributed by atoms with Crippen molar-refractivity contribution in [3.05, 3.63) is 53.3 Å². The number of nitrogens with one attached hydrogen (secondary N) is 1. The molecule has 3 rings (SSSR count). The molecular weight excluding hydrogens is 271 g/mol. The summed E-state index contributed by atoms with van der Waals surface area (Å²) < 4.78 is 14.2. The third-order valence-corrected chi connectivity index (χ3v) is 3.54. The number of anilines is 3. The van der Waals surface area contributed by atoms with Crippen molar-refractivity contribution in [2.75, 3.05) is 17.3 Å². The molecule has 1 heterocycles. The maximum atomic E-state index is 14.2. The standard InChI is InChI=1S/C16H13FN2O2/c1-9-4-3-5-10(6-9)19(2)14-8-13-11(7-12(14)17)15(20)16(21)18-13/h3-8H,1-2H3,(H,18,20,21). The molecular formula is C16H13FN2O2. The van der Waals surface area contributed by atoms with Gasteiger partial charge in [-0.05, 0) is 36.8 Å². The third kappa shape index (κ3) is 2.16. The van der Waals surface area contributed by atoms with Crippen LogP contribution in [-0.4, -0.2) is 18.7 Å². The van der Waals surface area contributed by atoms with E-state index in [0.29, 0.717) is 11.4 Å². The smallest absolute Gasteiger partial charge is 0.296 e. The van der Waals surface area contributed by atoms with Gasteiger partial charge < -0.3 is 10.2 Å². The maximum absolute atomic E-state index is 14.2. The zero-order valence-electron chi connectivity index (χ0n) is 11.6. The van der Waals surface area contributed by atoms with E-state index in [9.17, 15) is 14.0 Å². The van der Waals surface area contributed by atoms with Gasteiger partial charge >= 0.3 is 0 Å². The molecule has 0 saturated carbocycles. The molecule has 106 valence electrons. The SMILES string of the molecule is Cc1cccc(N(C)c2cc3c(cc2F)C(=O)C(=O)N3)c1. The van der Waals surface area contributed by atoms with Gasteiger partial charge in [0, 0.05) is 12.7 Å². The van der Waals surface area contributed by atoms with Crippen molar-refractivity contribution in [2.45, 2.75) is 6.92 Å². The minimum atomic E-state index is -0.722. The summed E-state index contributed by atoms with van der Waals surface area (Å²) in [6.45, 7) is 1.95. The number of nitrogens with zero attached hydrogens (tertiary/aromatic N) is 1. The summed E-state index contributed by atoms with van der Waals surface area (Å²) in [5, 5.41) is 2.45. The van der Waals surface area contributed by atoms with Crippen LogP contribution in [0.25, 0.3) is 0 Å². The molecule has 1 amide bonds. The lowest BCUT2D eigenvalue weighted by Gasteiger charge is -2.21. The summed E-state index contributed by atoms with van der Waals surface area (Å²) in [6.07, 6.45) is 0. The first-order valence-electron chi connectivity index (χ1n) is 6.47. The second-order valence-electron chi connectivity index (χ2n) is 5.03. The molecule has 0 spiro atoms. The van der Waals surface area contributed by atoms with Crippen LogP contribution < -0.4 is 10.2 Å². The summed E-state index contributed by atoms with van der Waals surface area (Å²) in [7, 11) is 1.73. The molecule has 2 aromatic rings. The van der Waals surface area contributed by atoms with E-state index >= 15 is 0 Å². The maximum Gasteiger partial charge on any atom is 0.296 e. The first-order valence-corrected chi connectivity index (χ1v) is 6.47. The number of halogens is 1. The molecule has 0 aromatic heterocycles. The fourth-order valence-electron chi connectivity index (χ4n) is 2.39. The average molecular weight is 284 g/mol. The normalized spacial score (nSPS) is 13.1. The zero-order valence-corrected chi connectivity index (χ0v) is 11.6. The van der Waals surface area contributed by atoms with Crippen LogP contribution in [0.2, 0.25) is 0 Å². The summed E-state index contributed by atoms with van der Waals surface area (Å²) in [5.74, 6) is -1.96. The number of aryl methyl sites for hydroxylation is 1. The van der Waals surface area contributed by atoms with Gasteiger partial charge in [0.15, 0.2) is 0 Å². The molecule has 1 aliphatic rings. The predicted molar refractivity (Wildman–Crippen MR) is 78.6 cm³/mol. The Labute approximate surface area is 121 Å². The quantitative estimate of drug-likeness (QED) is 0.862. The number of ketones is 1. The second-order valence-corrected chi connectivity index (χ2v) is 5.03. The van der Waals surface area contributed by atoms with Gasteiger partial charge in [0.05, 0.1) is 16.9 Å². The summed E-state index contributed by atoms with van der Waals surface area (Å²) in [5.41, 5.74) is 2.61. The lowest BCUT2D eigenvalue weighted by Crippen LogP contribution is -2.12. The molecule has 4 nitrogen and oxygen atoms in total. The average Bonchev–Trinajstić information content (AvgIpc) is 2.73. The Morgan fingerprint density at radius 2 is 1.90 bits per heavy atom. The molecule has 0 aliphatic carbocycles. The van der Waals surface area contributed by atoms with Crippen LogP contribution in [0.15, 0.2) is 36.4 Å². The molecule has 0 saturated heterocycles. The summed E-state index contributed by atoms with van der Waals surface area (Å²) in [4.78, 5) is 24.6. The highest BCUT2D eigenvalue weighted by molar-refractivity contribution is 6.51. The van der Waals surface area contributed by atoms with E-state index in [1.165, 1.54) is 6.07 Å². The van der Waals surface area contributed by atoms with E-state index in [4.69, 9.17) is 0 Å². The van der Waals surface area contributed by atoms with Crippen LogP contribution in [0, 0.1) is 12.7 Å². The lowest BCUT2D eigenvalue weighted by molar-refractivity contribution is -0.112. The highest BCUT2D eigenvalue weighted by Crippen LogP contribution is 2.33. The molecule has 0 atom stereocenters. The van der Waals surface area contributed by atoms with E-state index in [1.54, 1.807) is 11.9 Å². The number of benzene rings is 2. The van der Waals surface area contributed by atoms with Crippen molar-refractivity contribution < 1.29 is 14.0 Å². The molecule has 1 aliphatic heterocycles. The largest absolute Gasteiger partial charge is 0.342 e. The highest BCUT2D eigenvalue weighted by atomic mass is 19.1. The molecule has 5 heteroatoms. The second kappa shape index (κ2) is 4.70. The number of hydrogen-bond donors (Lipinski definition) is 1. The molecule has 0 fully saturated rings. The van der Waals surface area contributed by atoms with Crippen molar-refractivity contribution in [2.24, 2.45) is 0 Å². The Balaban J connectivity index is 2.06. The van der Waals surface area contributed by atoms with Gasteiger partial charge in [0.2, 0.25) is 0 Å². The van der Waals surface area contributed by atoms with Crippen LogP contribution in [0.1, 0.15) is 15.9 Å². The monoisotopic (exact) mass is 284 g/mol. The Morgan fingerprint density at radius 3 is 2.62 bits per heavy atom. The topological polar surface area (TPSA) is 49.4 Å². The van der Waals surface area contributed by atoms with E-state index in [2.05, 4.69) is 5.32 Å². The first kappa shape index (κ1) is 13.3. The lowest BCUT2D eigenvalue weighted by atomic mass is 10.1. The molecule has 0 bridgehead atoms. The summed E-state index contributed by atoms with van der Waals surface area (Å²) in [6, 6.07) is 10.2. The van der Waals surface area contributed by atoms with Gasteiger partial charge in [-0.3, -0.25) is 9.59 Å². The minimum Gasteiger partial charge on any atom is -0.342 e. The number of hydrogen-bond acceptors (Lipinski definition) is 3. The van der Waals surface area contributed by atoms with Gasteiger partial charge in [-0.2, -0.15) is 0 Å². The predicted octanol–water partition coefficient (Wildman–Crippen LogP) is 3.04. The Morgan fingerprint density at radius 1 is 1.14 bits per heavy atom. The molecule has 2 aromatic carbocycles. The Hall–Kier alpha value is -2.69. The van der Waals surface area contributed by atoms with Crippen molar-refractivity contribution in [1.29, 1.82) is 0 Å². The van der Waals surface area contributed by atoms with Crippen molar-refractivity contribution in [3.8, 4) is 0 Å².